The zero-order valence-electron chi connectivity index (χ0n) is 10.5. The van der Waals surface area contributed by atoms with E-state index in [-0.39, 0.29) is 11.7 Å². The van der Waals surface area contributed by atoms with Gasteiger partial charge in [-0.2, -0.15) is 0 Å². The lowest BCUT2D eigenvalue weighted by atomic mass is 9.74. The molecule has 92 valence electrons. The normalized spacial score (nSPS) is 24.1. The van der Waals surface area contributed by atoms with Crippen molar-refractivity contribution in [2.45, 2.75) is 39.2 Å². The number of ether oxygens (including phenoxy) is 1. The van der Waals surface area contributed by atoms with E-state index in [2.05, 4.69) is 5.32 Å². The van der Waals surface area contributed by atoms with Gasteiger partial charge in [0.1, 0.15) is 5.60 Å². The molecule has 1 spiro atoms. The van der Waals surface area contributed by atoms with Crippen LogP contribution in [0.15, 0.2) is 0 Å². The van der Waals surface area contributed by atoms with Crippen molar-refractivity contribution in [1.29, 1.82) is 0 Å². The van der Waals surface area contributed by atoms with Crippen LogP contribution >= 0.6 is 0 Å². The van der Waals surface area contributed by atoms with Crippen molar-refractivity contribution in [1.82, 2.24) is 10.2 Å². The maximum absolute atomic E-state index is 11.8. The zero-order chi connectivity index (χ0) is 11.8. The number of nitrogens with zero attached hydrogens (tertiary/aromatic N) is 1. The van der Waals surface area contributed by atoms with Crippen molar-refractivity contribution < 1.29 is 9.53 Å². The van der Waals surface area contributed by atoms with Gasteiger partial charge < -0.3 is 15.0 Å². The van der Waals surface area contributed by atoms with Crippen molar-refractivity contribution in [3.05, 3.63) is 0 Å². The molecule has 0 radical (unpaired) electrons. The first-order valence-electron chi connectivity index (χ1n) is 6.09. The second kappa shape index (κ2) is 3.91. The van der Waals surface area contributed by atoms with Crippen LogP contribution < -0.4 is 5.32 Å². The van der Waals surface area contributed by atoms with Crippen LogP contribution in [0.25, 0.3) is 0 Å². The van der Waals surface area contributed by atoms with E-state index in [0.29, 0.717) is 5.41 Å². The molecule has 2 aliphatic rings. The summed E-state index contributed by atoms with van der Waals surface area (Å²) in [6.45, 7) is 9.60. The van der Waals surface area contributed by atoms with Crippen LogP contribution in [0, 0.1) is 5.41 Å². The Morgan fingerprint density at radius 1 is 1.38 bits per heavy atom. The molecule has 2 heterocycles. The molecular weight excluding hydrogens is 204 g/mol. The number of piperidine rings is 1. The molecule has 2 saturated heterocycles. The van der Waals surface area contributed by atoms with Gasteiger partial charge in [-0.15, -0.1) is 0 Å². The number of nitrogens with one attached hydrogen (secondary N) is 1. The Bertz CT molecular complexity index is 269. The monoisotopic (exact) mass is 226 g/mol. The van der Waals surface area contributed by atoms with Gasteiger partial charge >= 0.3 is 6.09 Å². The molecular formula is C12H22N2O2. The Labute approximate surface area is 97.3 Å². The predicted molar refractivity (Wildman–Crippen MR) is 62.3 cm³/mol. The van der Waals surface area contributed by atoms with Crippen molar-refractivity contribution >= 4 is 6.09 Å². The van der Waals surface area contributed by atoms with Gasteiger partial charge in [-0.3, -0.25) is 0 Å². The largest absolute Gasteiger partial charge is 0.444 e. The van der Waals surface area contributed by atoms with Crippen LogP contribution in [0.2, 0.25) is 0 Å². The topological polar surface area (TPSA) is 41.6 Å². The molecule has 0 unspecified atom stereocenters. The summed E-state index contributed by atoms with van der Waals surface area (Å²) in [5.74, 6) is 0. The molecule has 2 aliphatic heterocycles. The Morgan fingerprint density at radius 3 is 2.56 bits per heavy atom. The lowest BCUT2D eigenvalue weighted by molar-refractivity contribution is -0.0426. The summed E-state index contributed by atoms with van der Waals surface area (Å²) in [5, 5.41) is 3.41. The summed E-state index contributed by atoms with van der Waals surface area (Å²) in [5.41, 5.74) is -0.0419. The SMILES string of the molecule is CC(C)(C)OC(=O)N1CC2(CCCNC2)C1. The number of carbonyl (C=O) groups excluding carboxylic acids is 1. The fourth-order valence-corrected chi connectivity index (χ4v) is 2.52. The van der Waals surface area contributed by atoms with Crippen LogP contribution in [0.5, 0.6) is 0 Å². The molecule has 0 aliphatic carbocycles. The molecule has 0 aromatic rings. The third kappa shape index (κ3) is 2.48. The van der Waals surface area contributed by atoms with Crippen LogP contribution in [-0.4, -0.2) is 42.8 Å². The number of rotatable bonds is 0. The second-order valence-corrected chi connectivity index (χ2v) is 6.12. The van der Waals surface area contributed by atoms with E-state index in [4.69, 9.17) is 4.74 Å². The predicted octanol–water partition coefficient (Wildman–Crippen LogP) is 1.61. The van der Waals surface area contributed by atoms with Crippen LogP contribution in [0.3, 0.4) is 0 Å². The molecule has 1 amide bonds. The van der Waals surface area contributed by atoms with Crippen LogP contribution in [0.1, 0.15) is 33.6 Å². The molecule has 0 aromatic heterocycles. The number of likely N-dealkylation sites (tertiary alicyclic amines) is 1. The lowest BCUT2D eigenvalue weighted by Crippen LogP contribution is -2.64. The molecule has 16 heavy (non-hydrogen) atoms. The van der Waals surface area contributed by atoms with Gasteiger partial charge in [0, 0.05) is 25.0 Å². The van der Waals surface area contributed by atoms with Crippen LogP contribution in [0.4, 0.5) is 4.79 Å². The quantitative estimate of drug-likeness (QED) is 0.682. The molecule has 4 heteroatoms. The van der Waals surface area contributed by atoms with Crippen molar-refractivity contribution in [3.63, 3.8) is 0 Å². The molecule has 0 aromatic carbocycles. The molecule has 2 fully saturated rings. The summed E-state index contributed by atoms with van der Waals surface area (Å²) in [4.78, 5) is 13.6. The van der Waals surface area contributed by atoms with E-state index < -0.39 is 0 Å². The molecule has 0 bridgehead atoms. The number of hydrogen-bond acceptors (Lipinski definition) is 3. The average Bonchev–Trinajstić information content (AvgIpc) is 2.12. The molecule has 0 saturated carbocycles. The standard InChI is InChI=1S/C12H22N2O2/c1-11(2,3)16-10(15)14-8-12(9-14)5-4-6-13-7-12/h13H,4-9H2,1-3H3. The fourth-order valence-electron chi connectivity index (χ4n) is 2.52. The van der Waals surface area contributed by atoms with Gasteiger partial charge in [0.25, 0.3) is 0 Å². The van der Waals surface area contributed by atoms with Gasteiger partial charge in [0.2, 0.25) is 0 Å². The van der Waals surface area contributed by atoms with E-state index in [1.54, 1.807) is 0 Å². The van der Waals surface area contributed by atoms with Gasteiger partial charge in [0.15, 0.2) is 0 Å². The van der Waals surface area contributed by atoms with Gasteiger partial charge in [-0.25, -0.2) is 4.79 Å². The summed E-state index contributed by atoms with van der Waals surface area (Å²) in [6.07, 6.45) is 2.30. The Hall–Kier alpha value is -0.770. The van der Waals surface area contributed by atoms with Gasteiger partial charge in [-0.1, -0.05) is 0 Å². The highest BCUT2D eigenvalue weighted by atomic mass is 16.6. The van der Waals surface area contributed by atoms with E-state index in [0.717, 1.165) is 26.2 Å². The smallest absolute Gasteiger partial charge is 0.410 e. The van der Waals surface area contributed by atoms with Gasteiger partial charge in [-0.05, 0) is 40.2 Å². The second-order valence-electron chi connectivity index (χ2n) is 6.12. The highest BCUT2D eigenvalue weighted by Crippen LogP contribution is 2.36. The lowest BCUT2D eigenvalue weighted by Gasteiger charge is -2.52. The van der Waals surface area contributed by atoms with E-state index in [9.17, 15) is 4.79 Å². The summed E-state index contributed by atoms with van der Waals surface area (Å²) < 4.78 is 5.34. The third-order valence-electron chi connectivity index (χ3n) is 3.26. The first kappa shape index (κ1) is 11.7. The molecule has 2 rings (SSSR count). The Kier molecular flexibility index (Phi) is 2.86. The highest BCUT2D eigenvalue weighted by Gasteiger charge is 2.46. The molecule has 4 nitrogen and oxygen atoms in total. The Balaban J connectivity index is 1.81. The summed E-state index contributed by atoms with van der Waals surface area (Å²) >= 11 is 0. The van der Waals surface area contributed by atoms with Crippen molar-refractivity contribution in [2.75, 3.05) is 26.2 Å². The Morgan fingerprint density at radius 2 is 2.06 bits per heavy atom. The van der Waals surface area contributed by atoms with Gasteiger partial charge in [0.05, 0.1) is 0 Å². The summed E-state index contributed by atoms with van der Waals surface area (Å²) in [6, 6.07) is 0. The first-order valence-corrected chi connectivity index (χ1v) is 6.09. The highest BCUT2D eigenvalue weighted by molar-refractivity contribution is 5.69. The van der Waals surface area contributed by atoms with E-state index in [1.807, 2.05) is 25.7 Å². The number of hydrogen-bond donors (Lipinski definition) is 1. The fraction of sp³-hybridized carbons (Fsp3) is 0.917. The maximum Gasteiger partial charge on any atom is 0.410 e. The third-order valence-corrected chi connectivity index (χ3v) is 3.26. The first-order chi connectivity index (χ1) is 7.40. The van der Waals surface area contributed by atoms with Crippen molar-refractivity contribution in [2.24, 2.45) is 5.41 Å². The van der Waals surface area contributed by atoms with Crippen molar-refractivity contribution in [3.8, 4) is 0 Å². The maximum atomic E-state index is 11.8. The number of amides is 1. The molecule has 0 atom stereocenters. The van der Waals surface area contributed by atoms with E-state index in [1.165, 1.54) is 12.8 Å². The van der Waals surface area contributed by atoms with Crippen LogP contribution in [-0.2, 0) is 4.74 Å². The van der Waals surface area contributed by atoms with E-state index >= 15 is 0 Å². The molecule has 1 N–H and O–H groups in total. The zero-order valence-corrected chi connectivity index (χ0v) is 10.5. The number of carbonyl (C=O) groups is 1. The average molecular weight is 226 g/mol. The minimum atomic E-state index is -0.384. The summed E-state index contributed by atoms with van der Waals surface area (Å²) in [7, 11) is 0. The minimum absolute atomic E-state index is 0.163. The minimum Gasteiger partial charge on any atom is -0.444 e.